The van der Waals surface area contributed by atoms with Crippen LogP contribution in [0, 0.1) is 0 Å². The molecule has 0 spiro atoms. The number of imidazole rings is 1. The van der Waals surface area contributed by atoms with Crippen molar-refractivity contribution in [2.45, 2.75) is 18.9 Å². The molecule has 0 atom stereocenters. The first-order valence-electron chi connectivity index (χ1n) is 7.65. The standard InChI is InChI=1S/C17H18N4O/c1-2-4-13(5-3-1)15-12-18-17-7-6-16(20-21(15)17)19-14-8-10-22-11-9-14/h1-7,12,14H,8-11H2,(H,19,20). The Kier molecular flexibility index (Phi) is 3.48. The number of hydrogen-bond donors (Lipinski definition) is 1. The highest BCUT2D eigenvalue weighted by atomic mass is 16.5. The molecule has 1 saturated heterocycles. The number of ether oxygens (including phenoxy) is 1. The summed E-state index contributed by atoms with van der Waals surface area (Å²) in [5.41, 5.74) is 2.98. The van der Waals surface area contributed by atoms with E-state index in [0.717, 1.165) is 48.8 Å². The highest BCUT2D eigenvalue weighted by molar-refractivity contribution is 5.63. The lowest BCUT2D eigenvalue weighted by Gasteiger charge is -2.23. The third kappa shape index (κ3) is 2.55. The summed E-state index contributed by atoms with van der Waals surface area (Å²) < 4.78 is 7.30. The van der Waals surface area contributed by atoms with Crippen LogP contribution in [0.2, 0.25) is 0 Å². The molecule has 1 fully saturated rings. The summed E-state index contributed by atoms with van der Waals surface area (Å²) in [6.45, 7) is 1.64. The average molecular weight is 294 g/mol. The Labute approximate surface area is 128 Å². The zero-order valence-electron chi connectivity index (χ0n) is 12.3. The van der Waals surface area contributed by atoms with E-state index in [1.165, 1.54) is 0 Å². The van der Waals surface area contributed by atoms with Crippen molar-refractivity contribution in [1.29, 1.82) is 0 Å². The fourth-order valence-corrected chi connectivity index (χ4v) is 2.81. The van der Waals surface area contributed by atoms with Crippen LogP contribution in [0.4, 0.5) is 5.82 Å². The number of nitrogens with zero attached hydrogens (tertiary/aromatic N) is 3. The quantitative estimate of drug-likeness (QED) is 0.807. The zero-order chi connectivity index (χ0) is 14.8. The maximum atomic E-state index is 5.40. The maximum absolute atomic E-state index is 5.40. The molecular weight excluding hydrogens is 276 g/mol. The Hall–Kier alpha value is -2.40. The van der Waals surface area contributed by atoms with Gasteiger partial charge in [-0.15, -0.1) is 5.10 Å². The second-order valence-electron chi connectivity index (χ2n) is 5.53. The number of rotatable bonds is 3. The molecule has 0 unspecified atom stereocenters. The lowest BCUT2D eigenvalue weighted by atomic mass is 10.1. The summed E-state index contributed by atoms with van der Waals surface area (Å²) in [5, 5.41) is 8.21. The van der Waals surface area contributed by atoms with Crippen LogP contribution in [0.3, 0.4) is 0 Å². The highest BCUT2D eigenvalue weighted by Crippen LogP contribution is 2.21. The molecule has 1 aliphatic heterocycles. The van der Waals surface area contributed by atoms with Crippen LogP contribution in [-0.4, -0.2) is 33.9 Å². The van der Waals surface area contributed by atoms with Gasteiger partial charge in [-0.3, -0.25) is 0 Å². The largest absolute Gasteiger partial charge is 0.381 e. The van der Waals surface area contributed by atoms with E-state index in [0.29, 0.717) is 6.04 Å². The molecule has 112 valence electrons. The van der Waals surface area contributed by atoms with Crippen molar-refractivity contribution in [3.05, 3.63) is 48.7 Å². The molecule has 0 radical (unpaired) electrons. The second-order valence-corrected chi connectivity index (χ2v) is 5.53. The second kappa shape index (κ2) is 5.77. The van der Waals surface area contributed by atoms with Gasteiger partial charge in [0.1, 0.15) is 5.82 Å². The van der Waals surface area contributed by atoms with Gasteiger partial charge >= 0.3 is 0 Å². The predicted octanol–water partition coefficient (Wildman–Crippen LogP) is 2.99. The third-order valence-corrected chi connectivity index (χ3v) is 4.01. The van der Waals surface area contributed by atoms with Gasteiger partial charge in [-0.05, 0) is 25.0 Å². The Morgan fingerprint density at radius 2 is 1.86 bits per heavy atom. The van der Waals surface area contributed by atoms with Gasteiger partial charge in [-0.2, -0.15) is 0 Å². The molecule has 1 aliphatic rings. The van der Waals surface area contributed by atoms with Crippen molar-refractivity contribution in [3.8, 4) is 11.3 Å². The first kappa shape index (κ1) is 13.3. The number of hydrogen-bond acceptors (Lipinski definition) is 4. The fourth-order valence-electron chi connectivity index (χ4n) is 2.81. The molecule has 0 amide bonds. The van der Waals surface area contributed by atoms with Crippen molar-refractivity contribution in [2.75, 3.05) is 18.5 Å². The van der Waals surface area contributed by atoms with E-state index in [1.807, 2.05) is 41.0 Å². The van der Waals surface area contributed by atoms with E-state index >= 15 is 0 Å². The summed E-state index contributed by atoms with van der Waals surface area (Å²) in [7, 11) is 0. The van der Waals surface area contributed by atoms with Gasteiger partial charge in [0, 0.05) is 24.8 Å². The first-order chi connectivity index (χ1) is 10.9. The molecule has 2 aromatic heterocycles. The summed E-state index contributed by atoms with van der Waals surface area (Å²) in [4.78, 5) is 4.44. The van der Waals surface area contributed by atoms with Gasteiger partial charge < -0.3 is 10.1 Å². The zero-order valence-corrected chi connectivity index (χ0v) is 12.3. The molecular formula is C17H18N4O. The molecule has 5 heteroatoms. The van der Waals surface area contributed by atoms with Gasteiger partial charge in [0.2, 0.25) is 0 Å². The number of anilines is 1. The molecule has 0 aliphatic carbocycles. The van der Waals surface area contributed by atoms with Crippen LogP contribution < -0.4 is 5.32 Å². The van der Waals surface area contributed by atoms with Gasteiger partial charge in [0.25, 0.3) is 0 Å². The molecule has 0 saturated carbocycles. The number of aromatic nitrogens is 3. The van der Waals surface area contributed by atoms with Crippen LogP contribution in [0.15, 0.2) is 48.7 Å². The molecule has 0 bridgehead atoms. The maximum Gasteiger partial charge on any atom is 0.154 e. The monoisotopic (exact) mass is 294 g/mol. The van der Waals surface area contributed by atoms with Gasteiger partial charge in [-0.25, -0.2) is 9.50 Å². The Morgan fingerprint density at radius 3 is 2.68 bits per heavy atom. The van der Waals surface area contributed by atoms with Crippen LogP contribution in [0.5, 0.6) is 0 Å². The molecule has 1 aromatic carbocycles. The third-order valence-electron chi connectivity index (χ3n) is 4.01. The van der Waals surface area contributed by atoms with E-state index in [1.54, 1.807) is 0 Å². The van der Waals surface area contributed by atoms with E-state index in [2.05, 4.69) is 22.4 Å². The minimum Gasteiger partial charge on any atom is -0.381 e. The predicted molar refractivity (Wildman–Crippen MR) is 85.9 cm³/mol. The van der Waals surface area contributed by atoms with E-state index in [4.69, 9.17) is 9.84 Å². The van der Waals surface area contributed by atoms with Gasteiger partial charge in [-0.1, -0.05) is 30.3 Å². The minimum atomic E-state index is 0.433. The summed E-state index contributed by atoms with van der Waals surface area (Å²) >= 11 is 0. The summed E-state index contributed by atoms with van der Waals surface area (Å²) in [6, 6.07) is 14.6. The first-order valence-corrected chi connectivity index (χ1v) is 7.65. The van der Waals surface area contributed by atoms with Gasteiger partial charge in [0.15, 0.2) is 5.65 Å². The number of fused-ring (bicyclic) bond motifs is 1. The van der Waals surface area contributed by atoms with Crippen molar-refractivity contribution >= 4 is 11.5 Å². The normalized spacial score (nSPS) is 16.0. The number of benzene rings is 1. The molecule has 3 heterocycles. The minimum absolute atomic E-state index is 0.433. The van der Waals surface area contributed by atoms with E-state index in [-0.39, 0.29) is 0 Å². The molecule has 5 nitrogen and oxygen atoms in total. The van der Waals surface area contributed by atoms with Crippen molar-refractivity contribution in [1.82, 2.24) is 14.6 Å². The molecule has 3 aromatic rings. The topological polar surface area (TPSA) is 51.5 Å². The Bertz CT molecular complexity index is 763. The SMILES string of the molecule is c1ccc(-c2cnc3ccc(NC4CCOCC4)nn23)cc1. The van der Waals surface area contributed by atoms with Crippen LogP contribution in [0.25, 0.3) is 16.9 Å². The highest BCUT2D eigenvalue weighted by Gasteiger charge is 2.14. The fraction of sp³-hybridized carbons (Fsp3) is 0.294. The van der Waals surface area contributed by atoms with E-state index < -0.39 is 0 Å². The summed E-state index contributed by atoms with van der Waals surface area (Å²) in [5.74, 6) is 0.884. The van der Waals surface area contributed by atoms with Crippen molar-refractivity contribution in [2.24, 2.45) is 0 Å². The lowest BCUT2D eigenvalue weighted by Crippen LogP contribution is -2.28. The van der Waals surface area contributed by atoms with Crippen molar-refractivity contribution in [3.63, 3.8) is 0 Å². The van der Waals surface area contributed by atoms with Crippen LogP contribution in [-0.2, 0) is 4.74 Å². The molecule has 22 heavy (non-hydrogen) atoms. The Balaban J connectivity index is 1.67. The van der Waals surface area contributed by atoms with Crippen LogP contribution in [0.1, 0.15) is 12.8 Å². The average Bonchev–Trinajstić information content (AvgIpc) is 3.00. The lowest BCUT2D eigenvalue weighted by molar-refractivity contribution is 0.0903. The van der Waals surface area contributed by atoms with E-state index in [9.17, 15) is 0 Å². The number of nitrogens with one attached hydrogen (secondary N) is 1. The Morgan fingerprint density at radius 1 is 1.05 bits per heavy atom. The van der Waals surface area contributed by atoms with Crippen LogP contribution >= 0.6 is 0 Å². The molecule has 1 N–H and O–H groups in total. The molecule has 4 rings (SSSR count). The smallest absolute Gasteiger partial charge is 0.154 e. The van der Waals surface area contributed by atoms with Gasteiger partial charge in [0.05, 0.1) is 11.9 Å². The summed E-state index contributed by atoms with van der Waals surface area (Å²) in [6.07, 6.45) is 3.92. The van der Waals surface area contributed by atoms with Crippen molar-refractivity contribution < 1.29 is 4.74 Å².